The zero-order valence-electron chi connectivity index (χ0n) is 9.18. The summed E-state index contributed by atoms with van der Waals surface area (Å²) in [7, 11) is 1.65. The van der Waals surface area contributed by atoms with E-state index in [9.17, 15) is 0 Å². The summed E-state index contributed by atoms with van der Waals surface area (Å²) in [4.78, 5) is 4.10. The van der Waals surface area contributed by atoms with Crippen LogP contribution in [0.1, 0.15) is 5.56 Å². The molecule has 1 aromatic carbocycles. The molecule has 82 valence electrons. The molecular formula is C13H14N2O. The number of pyridine rings is 1. The Morgan fingerprint density at radius 2 is 2.12 bits per heavy atom. The number of hydrogen-bond donors (Lipinski definition) is 1. The van der Waals surface area contributed by atoms with E-state index in [4.69, 9.17) is 10.5 Å². The Morgan fingerprint density at radius 1 is 1.25 bits per heavy atom. The molecule has 3 heteroatoms. The first kappa shape index (κ1) is 10.6. The van der Waals surface area contributed by atoms with Crippen molar-refractivity contribution in [2.24, 2.45) is 5.73 Å². The molecule has 0 bridgehead atoms. The predicted octanol–water partition coefficient (Wildman–Crippen LogP) is 2.22. The molecule has 0 radical (unpaired) electrons. The second-order valence-electron chi connectivity index (χ2n) is 3.47. The van der Waals surface area contributed by atoms with E-state index in [0.29, 0.717) is 6.54 Å². The van der Waals surface area contributed by atoms with Gasteiger partial charge >= 0.3 is 0 Å². The van der Waals surface area contributed by atoms with Gasteiger partial charge < -0.3 is 10.5 Å². The first-order valence-corrected chi connectivity index (χ1v) is 5.12. The van der Waals surface area contributed by atoms with Crippen LogP contribution in [0.4, 0.5) is 0 Å². The Kier molecular flexibility index (Phi) is 3.17. The molecule has 2 aromatic rings. The molecule has 0 aliphatic carbocycles. The fourth-order valence-electron chi connectivity index (χ4n) is 1.65. The molecule has 3 nitrogen and oxygen atoms in total. The smallest absolute Gasteiger partial charge is 0.123 e. The molecule has 16 heavy (non-hydrogen) atoms. The summed E-state index contributed by atoms with van der Waals surface area (Å²) in [6, 6.07) is 9.92. The van der Waals surface area contributed by atoms with Crippen molar-refractivity contribution in [3.8, 4) is 16.9 Å². The summed E-state index contributed by atoms with van der Waals surface area (Å²) >= 11 is 0. The van der Waals surface area contributed by atoms with Crippen molar-refractivity contribution >= 4 is 0 Å². The van der Waals surface area contributed by atoms with Gasteiger partial charge in [-0.1, -0.05) is 12.1 Å². The number of methoxy groups -OCH3 is 1. The van der Waals surface area contributed by atoms with E-state index >= 15 is 0 Å². The molecule has 0 saturated heterocycles. The third-order valence-electron chi connectivity index (χ3n) is 2.50. The second-order valence-corrected chi connectivity index (χ2v) is 3.47. The third-order valence-corrected chi connectivity index (χ3v) is 2.50. The number of ether oxygens (including phenoxy) is 1. The first-order valence-electron chi connectivity index (χ1n) is 5.12. The van der Waals surface area contributed by atoms with Gasteiger partial charge in [-0.3, -0.25) is 4.98 Å². The van der Waals surface area contributed by atoms with Gasteiger partial charge in [-0.2, -0.15) is 0 Å². The highest BCUT2D eigenvalue weighted by atomic mass is 16.5. The normalized spacial score (nSPS) is 10.1. The Balaban J connectivity index is 2.44. The number of hydrogen-bond acceptors (Lipinski definition) is 3. The van der Waals surface area contributed by atoms with Crippen molar-refractivity contribution in [3.63, 3.8) is 0 Å². The summed E-state index contributed by atoms with van der Waals surface area (Å²) in [5, 5.41) is 0. The Bertz CT molecular complexity index is 469. The molecule has 0 atom stereocenters. The average molecular weight is 214 g/mol. The highest BCUT2D eigenvalue weighted by Crippen LogP contribution is 2.25. The maximum absolute atomic E-state index is 5.68. The molecule has 0 amide bonds. The molecule has 0 aliphatic heterocycles. The van der Waals surface area contributed by atoms with Crippen LogP contribution in [-0.4, -0.2) is 12.1 Å². The van der Waals surface area contributed by atoms with Gasteiger partial charge in [0, 0.05) is 30.1 Å². The Hall–Kier alpha value is -1.87. The van der Waals surface area contributed by atoms with Crippen molar-refractivity contribution in [2.75, 3.05) is 7.11 Å². The summed E-state index contributed by atoms with van der Waals surface area (Å²) < 4.78 is 5.23. The van der Waals surface area contributed by atoms with Crippen molar-refractivity contribution in [2.45, 2.75) is 6.54 Å². The predicted molar refractivity (Wildman–Crippen MR) is 64.1 cm³/mol. The van der Waals surface area contributed by atoms with Crippen LogP contribution in [0.15, 0.2) is 42.7 Å². The number of nitrogens with zero attached hydrogens (tertiary/aromatic N) is 1. The third kappa shape index (κ3) is 2.04. The van der Waals surface area contributed by atoms with Crippen LogP contribution in [0.3, 0.4) is 0 Å². The van der Waals surface area contributed by atoms with Crippen molar-refractivity contribution in [1.29, 1.82) is 0 Å². The lowest BCUT2D eigenvalue weighted by Crippen LogP contribution is -2.00. The lowest BCUT2D eigenvalue weighted by Gasteiger charge is -2.09. The summed E-state index contributed by atoms with van der Waals surface area (Å²) in [6.45, 7) is 0.470. The minimum absolute atomic E-state index is 0.470. The SMILES string of the molecule is COc1ccc(-c2cccnc2)cc1CN. The van der Waals surface area contributed by atoms with Gasteiger partial charge in [0.05, 0.1) is 7.11 Å². The van der Waals surface area contributed by atoms with Gasteiger partial charge in [-0.25, -0.2) is 0 Å². The topological polar surface area (TPSA) is 48.1 Å². The standard InChI is InChI=1S/C13H14N2O/c1-16-13-5-4-10(7-12(13)8-14)11-3-2-6-15-9-11/h2-7,9H,8,14H2,1H3. The molecule has 2 rings (SSSR count). The lowest BCUT2D eigenvalue weighted by molar-refractivity contribution is 0.410. The van der Waals surface area contributed by atoms with E-state index in [0.717, 1.165) is 22.4 Å². The van der Waals surface area contributed by atoms with Crippen LogP contribution in [0.5, 0.6) is 5.75 Å². The fraction of sp³-hybridized carbons (Fsp3) is 0.154. The van der Waals surface area contributed by atoms with Crippen molar-refractivity contribution in [3.05, 3.63) is 48.3 Å². The maximum atomic E-state index is 5.68. The van der Waals surface area contributed by atoms with Crippen LogP contribution in [0.2, 0.25) is 0 Å². The van der Waals surface area contributed by atoms with Gasteiger partial charge in [0.2, 0.25) is 0 Å². The van der Waals surface area contributed by atoms with Gasteiger partial charge in [-0.05, 0) is 23.8 Å². The zero-order valence-corrected chi connectivity index (χ0v) is 9.18. The first-order chi connectivity index (χ1) is 7.85. The quantitative estimate of drug-likeness (QED) is 0.852. The van der Waals surface area contributed by atoms with Crippen LogP contribution in [-0.2, 0) is 6.54 Å². The van der Waals surface area contributed by atoms with Crippen LogP contribution < -0.4 is 10.5 Å². The number of aromatic nitrogens is 1. The average Bonchev–Trinajstić information content (AvgIpc) is 2.39. The molecule has 0 spiro atoms. The molecule has 0 fully saturated rings. The maximum Gasteiger partial charge on any atom is 0.123 e. The highest BCUT2D eigenvalue weighted by Gasteiger charge is 2.04. The van der Waals surface area contributed by atoms with E-state index in [1.807, 2.05) is 36.5 Å². The number of nitrogens with two attached hydrogens (primary N) is 1. The molecule has 1 aromatic heterocycles. The van der Waals surface area contributed by atoms with Gasteiger partial charge in [0.1, 0.15) is 5.75 Å². The van der Waals surface area contributed by atoms with Crippen LogP contribution >= 0.6 is 0 Å². The minimum atomic E-state index is 0.470. The van der Waals surface area contributed by atoms with Crippen molar-refractivity contribution in [1.82, 2.24) is 4.98 Å². The van der Waals surface area contributed by atoms with E-state index in [1.54, 1.807) is 13.3 Å². The highest BCUT2D eigenvalue weighted by molar-refractivity contribution is 5.64. The van der Waals surface area contributed by atoms with E-state index in [-0.39, 0.29) is 0 Å². The van der Waals surface area contributed by atoms with Crippen LogP contribution in [0.25, 0.3) is 11.1 Å². The number of benzene rings is 1. The Labute approximate surface area is 94.9 Å². The summed E-state index contributed by atoms with van der Waals surface area (Å²) in [5.41, 5.74) is 8.87. The van der Waals surface area contributed by atoms with Crippen molar-refractivity contribution < 1.29 is 4.74 Å². The molecular weight excluding hydrogens is 200 g/mol. The van der Waals surface area contributed by atoms with Gasteiger partial charge in [-0.15, -0.1) is 0 Å². The monoisotopic (exact) mass is 214 g/mol. The molecule has 1 heterocycles. The molecule has 0 unspecified atom stereocenters. The van der Waals surface area contributed by atoms with Crippen LogP contribution in [0, 0.1) is 0 Å². The number of rotatable bonds is 3. The zero-order chi connectivity index (χ0) is 11.4. The van der Waals surface area contributed by atoms with Gasteiger partial charge in [0.15, 0.2) is 0 Å². The van der Waals surface area contributed by atoms with E-state index < -0.39 is 0 Å². The van der Waals surface area contributed by atoms with Gasteiger partial charge in [0.25, 0.3) is 0 Å². The summed E-state index contributed by atoms with van der Waals surface area (Å²) in [6.07, 6.45) is 3.60. The summed E-state index contributed by atoms with van der Waals surface area (Å²) in [5.74, 6) is 0.829. The fourth-order valence-corrected chi connectivity index (χ4v) is 1.65. The molecule has 2 N–H and O–H groups in total. The Morgan fingerprint density at radius 3 is 2.75 bits per heavy atom. The molecule has 0 saturated carbocycles. The second kappa shape index (κ2) is 4.77. The lowest BCUT2D eigenvalue weighted by atomic mass is 10.0. The molecule has 0 aliphatic rings. The minimum Gasteiger partial charge on any atom is -0.496 e. The van der Waals surface area contributed by atoms with E-state index in [1.165, 1.54) is 0 Å². The van der Waals surface area contributed by atoms with E-state index in [2.05, 4.69) is 4.98 Å². The largest absolute Gasteiger partial charge is 0.496 e.